The topological polar surface area (TPSA) is 103 Å². The first-order valence-electron chi connectivity index (χ1n) is 9.78. The fourth-order valence-corrected chi connectivity index (χ4v) is 4.13. The van der Waals surface area contributed by atoms with Crippen molar-refractivity contribution in [3.63, 3.8) is 0 Å². The highest BCUT2D eigenvalue weighted by Crippen LogP contribution is 2.44. The molecule has 2 aromatic carbocycles. The number of carboxylic acid groups (broad SMARTS) is 1. The summed E-state index contributed by atoms with van der Waals surface area (Å²) in [7, 11) is 0. The lowest BCUT2D eigenvalue weighted by molar-refractivity contribution is -0.146. The molecule has 0 saturated carbocycles. The number of hydrogen-bond donors (Lipinski definition) is 2. The minimum atomic E-state index is -1.07. The third-order valence-electron chi connectivity index (χ3n) is 5.49. The SMILES string of the molecule is N[C@H](CC(=O)O)C(C(=O)OCC1c2ccccc2-c2ccccc21)c1cccnc1. The zero-order chi connectivity index (χ0) is 21.1. The molecule has 1 heterocycles. The van der Waals surface area contributed by atoms with Gasteiger partial charge in [-0.3, -0.25) is 14.6 Å². The van der Waals surface area contributed by atoms with E-state index in [0.29, 0.717) is 5.56 Å². The van der Waals surface area contributed by atoms with Crippen molar-refractivity contribution in [1.82, 2.24) is 4.98 Å². The van der Waals surface area contributed by atoms with Gasteiger partial charge in [-0.25, -0.2) is 0 Å². The first-order valence-corrected chi connectivity index (χ1v) is 9.78. The van der Waals surface area contributed by atoms with Gasteiger partial charge in [0.1, 0.15) is 6.61 Å². The van der Waals surface area contributed by atoms with Crippen LogP contribution in [0.5, 0.6) is 0 Å². The van der Waals surface area contributed by atoms with Crippen molar-refractivity contribution in [2.45, 2.75) is 24.3 Å². The Kier molecular flexibility index (Phi) is 5.59. The van der Waals surface area contributed by atoms with Crippen LogP contribution in [-0.2, 0) is 14.3 Å². The van der Waals surface area contributed by atoms with Crippen LogP contribution in [0.1, 0.15) is 34.9 Å². The van der Waals surface area contributed by atoms with Crippen LogP contribution in [0.25, 0.3) is 11.1 Å². The van der Waals surface area contributed by atoms with E-state index in [1.807, 2.05) is 36.4 Å². The molecule has 0 spiro atoms. The lowest BCUT2D eigenvalue weighted by Crippen LogP contribution is -2.37. The zero-order valence-corrected chi connectivity index (χ0v) is 16.3. The summed E-state index contributed by atoms with van der Waals surface area (Å²) >= 11 is 0. The number of fused-ring (bicyclic) bond motifs is 3. The molecule has 3 aromatic rings. The average molecular weight is 402 g/mol. The quantitative estimate of drug-likeness (QED) is 0.588. The number of carbonyl (C=O) groups excluding carboxylic acids is 1. The number of aromatic nitrogens is 1. The molecule has 0 aliphatic heterocycles. The number of nitrogens with two attached hydrogens (primary N) is 1. The Morgan fingerprint density at radius 3 is 2.20 bits per heavy atom. The molecule has 0 bridgehead atoms. The second-order valence-corrected chi connectivity index (χ2v) is 7.38. The molecule has 0 saturated heterocycles. The van der Waals surface area contributed by atoms with E-state index in [1.54, 1.807) is 18.3 Å². The van der Waals surface area contributed by atoms with E-state index < -0.39 is 23.9 Å². The van der Waals surface area contributed by atoms with Crippen molar-refractivity contribution < 1.29 is 19.4 Å². The Bertz CT molecular complexity index is 1020. The molecule has 0 radical (unpaired) electrons. The molecule has 1 unspecified atom stereocenters. The van der Waals surface area contributed by atoms with Crippen LogP contribution in [0.2, 0.25) is 0 Å². The minimum Gasteiger partial charge on any atom is -0.481 e. The van der Waals surface area contributed by atoms with E-state index in [2.05, 4.69) is 17.1 Å². The summed E-state index contributed by atoms with van der Waals surface area (Å²) in [6.07, 6.45) is 2.76. The Morgan fingerprint density at radius 2 is 1.63 bits per heavy atom. The average Bonchev–Trinajstić information content (AvgIpc) is 3.06. The first kappa shape index (κ1) is 19.8. The second kappa shape index (κ2) is 8.47. The summed E-state index contributed by atoms with van der Waals surface area (Å²) in [5, 5.41) is 9.13. The lowest BCUT2D eigenvalue weighted by Gasteiger charge is -2.23. The molecule has 30 heavy (non-hydrogen) atoms. The molecule has 1 aliphatic carbocycles. The summed E-state index contributed by atoms with van der Waals surface area (Å²) in [5.41, 5.74) is 11.1. The van der Waals surface area contributed by atoms with Crippen molar-refractivity contribution in [1.29, 1.82) is 0 Å². The van der Waals surface area contributed by atoms with Gasteiger partial charge in [-0.05, 0) is 33.9 Å². The van der Waals surface area contributed by atoms with Crippen LogP contribution in [0.3, 0.4) is 0 Å². The Labute approximate surface area is 174 Å². The maximum atomic E-state index is 13.0. The van der Waals surface area contributed by atoms with Crippen LogP contribution in [-0.4, -0.2) is 34.7 Å². The van der Waals surface area contributed by atoms with Crippen molar-refractivity contribution in [3.05, 3.63) is 89.7 Å². The molecule has 4 rings (SSSR count). The maximum absolute atomic E-state index is 13.0. The van der Waals surface area contributed by atoms with Gasteiger partial charge in [0.05, 0.1) is 12.3 Å². The summed E-state index contributed by atoms with van der Waals surface area (Å²) in [5.74, 6) is -2.59. The number of ether oxygens (including phenoxy) is 1. The fourth-order valence-electron chi connectivity index (χ4n) is 4.13. The molecule has 6 heteroatoms. The van der Waals surface area contributed by atoms with E-state index in [0.717, 1.165) is 22.3 Å². The van der Waals surface area contributed by atoms with Gasteiger partial charge in [-0.15, -0.1) is 0 Å². The monoisotopic (exact) mass is 402 g/mol. The Balaban J connectivity index is 1.57. The number of carboxylic acids is 1. The molecular formula is C24H22N2O4. The van der Waals surface area contributed by atoms with Crippen LogP contribution in [0.15, 0.2) is 73.1 Å². The number of benzene rings is 2. The van der Waals surface area contributed by atoms with Crippen molar-refractivity contribution in [2.24, 2.45) is 5.73 Å². The Morgan fingerprint density at radius 1 is 1.00 bits per heavy atom. The molecule has 1 aromatic heterocycles. The predicted octanol–water partition coefficient (Wildman–Crippen LogP) is 3.32. The third kappa shape index (κ3) is 3.82. The van der Waals surface area contributed by atoms with Crippen molar-refractivity contribution in [3.8, 4) is 11.1 Å². The van der Waals surface area contributed by atoms with Gasteiger partial charge >= 0.3 is 11.9 Å². The molecule has 0 amide bonds. The zero-order valence-electron chi connectivity index (χ0n) is 16.3. The summed E-state index contributed by atoms with van der Waals surface area (Å²) < 4.78 is 5.72. The van der Waals surface area contributed by atoms with Gasteiger partial charge in [-0.1, -0.05) is 54.6 Å². The van der Waals surface area contributed by atoms with Gasteiger partial charge in [0, 0.05) is 24.4 Å². The highest BCUT2D eigenvalue weighted by molar-refractivity contribution is 5.82. The van der Waals surface area contributed by atoms with Crippen LogP contribution >= 0.6 is 0 Å². The van der Waals surface area contributed by atoms with Gasteiger partial charge < -0.3 is 15.6 Å². The molecule has 1 aliphatic rings. The largest absolute Gasteiger partial charge is 0.481 e. The summed E-state index contributed by atoms with van der Waals surface area (Å²) in [4.78, 5) is 28.2. The minimum absolute atomic E-state index is 0.0772. The van der Waals surface area contributed by atoms with Crippen molar-refractivity contribution >= 4 is 11.9 Å². The fraction of sp³-hybridized carbons (Fsp3) is 0.208. The molecule has 6 nitrogen and oxygen atoms in total. The van der Waals surface area contributed by atoms with E-state index in [-0.39, 0.29) is 18.9 Å². The van der Waals surface area contributed by atoms with Gasteiger partial charge in [0.2, 0.25) is 0 Å². The Hall–Kier alpha value is -3.51. The molecule has 152 valence electrons. The van der Waals surface area contributed by atoms with Crippen LogP contribution < -0.4 is 5.73 Å². The molecule has 0 fully saturated rings. The predicted molar refractivity (Wildman–Crippen MR) is 112 cm³/mol. The van der Waals surface area contributed by atoms with Crippen LogP contribution in [0, 0.1) is 0 Å². The third-order valence-corrected chi connectivity index (χ3v) is 5.49. The summed E-state index contributed by atoms with van der Waals surface area (Å²) in [6.45, 7) is 0.156. The number of carbonyl (C=O) groups is 2. The summed E-state index contributed by atoms with van der Waals surface area (Å²) in [6, 6.07) is 18.6. The highest BCUT2D eigenvalue weighted by atomic mass is 16.5. The normalized spacial score (nSPS) is 14.4. The van der Waals surface area contributed by atoms with Crippen LogP contribution in [0.4, 0.5) is 0 Å². The van der Waals surface area contributed by atoms with Gasteiger partial charge in [-0.2, -0.15) is 0 Å². The molecule has 3 N–H and O–H groups in total. The number of nitrogens with zero attached hydrogens (tertiary/aromatic N) is 1. The number of rotatable bonds is 7. The smallest absolute Gasteiger partial charge is 0.315 e. The number of esters is 1. The first-order chi connectivity index (χ1) is 14.6. The second-order valence-electron chi connectivity index (χ2n) is 7.38. The molecule has 2 atom stereocenters. The van der Waals surface area contributed by atoms with Crippen molar-refractivity contribution in [2.75, 3.05) is 6.61 Å². The van der Waals surface area contributed by atoms with E-state index in [9.17, 15) is 9.59 Å². The van der Waals surface area contributed by atoms with E-state index >= 15 is 0 Å². The molecular weight excluding hydrogens is 380 g/mol. The maximum Gasteiger partial charge on any atom is 0.315 e. The number of aliphatic carboxylic acids is 1. The number of pyridine rings is 1. The number of hydrogen-bond acceptors (Lipinski definition) is 5. The lowest BCUT2D eigenvalue weighted by atomic mass is 9.91. The highest BCUT2D eigenvalue weighted by Gasteiger charge is 2.33. The van der Waals surface area contributed by atoms with Gasteiger partial charge in [0.15, 0.2) is 0 Å². The van der Waals surface area contributed by atoms with Gasteiger partial charge in [0.25, 0.3) is 0 Å². The standard InChI is InChI=1S/C24H22N2O4/c25-21(12-22(27)28)23(15-6-5-11-26-13-15)24(29)30-14-20-18-9-3-1-7-16(18)17-8-2-4-10-19(17)20/h1-11,13,20-21,23H,12,14,25H2,(H,27,28)/t21-,23?/m1/s1. The van der Waals surface area contributed by atoms with E-state index in [4.69, 9.17) is 15.6 Å². The van der Waals surface area contributed by atoms with E-state index in [1.165, 1.54) is 6.20 Å².